The van der Waals surface area contributed by atoms with E-state index in [9.17, 15) is 8.42 Å². The third-order valence-electron chi connectivity index (χ3n) is 1.41. The fraction of sp³-hybridized carbons (Fsp3) is 1.00. The highest BCUT2D eigenvalue weighted by atomic mass is 79.9. The van der Waals surface area contributed by atoms with Gasteiger partial charge in [0.05, 0.1) is 0 Å². The fourth-order valence-electron chi connectivity index (χ4n) is 0.469. The number of halogens is 1. The van der Waals surface area contributed by atoms with E-state index < -0.39 is 10.2 Å². The van der Waals surface area contributed by atoms with Gasteiger partial charge in [0.25, 0.3) is 10.2 Å². The molecule has 1 N–H and O–H groups in total. The molecule has 0 aliphatic carbocycles. The van der Waals surface area contributed by atoms with Gasteiger partial charge < -0.3 is 0 Å². The SMILES string of the molecule is CCC(Br)CNS(=O)(=O)N(C)C. The molecule has 74 valence electrons. The molecule has 0 amide bonds. The first-order valence-electron chi connectivity index (χ1n) is 3.71. The molecular weight excluding hydrogens is 244 g/mol. The summed E-state index contributed by atoms with van der Waals surface area (Å²) in [5.41, 5.74) is 0. The Kier molecular flexibility index (Phi) is 5.31. The molecule has 0 aromatic carbocycles. The number of nitrogens with zero attached hydrogens (tertiary/aromatic N) is 1. The molecule has 0 rings (SSSR count). The van der Waals surface area contributed by atoms with E-state index in [0.29, 0.717) is 6.54 Å². The van der Waals surface area contributed by atoms with Gasteiger partial charge in [-0.05, 0) is 6.42 Å². The van der Waals surface area contributed by atoms with Crippen molar-refractivity contribution < 1.29 is 8.42 Å². The van der Waals surface area contributed by atoms with Gasteiger partial charge in [0.2, 0.25) is 0 Å². The van der Waals surface area contributed by atoms with Crippen molar-refractivity contribution in [1.29, 1.82) is 0 Å². The van der Waals surface area contributed by atoms with Crippen LogP contribution in [-0.2, 0) is 10.2 Å². The maximum absolute atomic E-state index is 11.1. The summed E-state index contributed by atoms with van der Waals surface area (Å²) in [6.07, 6.45) is 0.899. The zero-order valence-electron chi connectivity index (χ0n) is 7.54. The smallest absolute Gasteiger partial charge is 0.201 e. The number of alkyl halides is 1. The highest BCUT2D eigenvalue weighted by molar-refractivity contribution is 9.09. The van der Waals surface area contributed by atoms with Gasteiger partial charge in [-0.1, -0.05) is 22.9 Å². The molecule has 0 radical (unpaired) electrons. The molecule has 0 bridgehead atoms. The van der Waals surface area contributed by atoms with E-state index in [0.717, 1.165) is 10.7 Å². The molecule has 0 saturated heterocycles. The second-order valence-electron chi connectivity index (χ2n) is 2.64. The van der Waals surface area contributed by atoms with Crippen LogP contribution in [0.5, 0.6) is 0 Å². The molecule has 0 heterocycles. The van der Waals surface area contributed by atoms with Gasteiger partial charge >= 0.3 is 0 Å². The largest absolute Gasteiger partial charge is 0.278 e. The van der Waals surface area contributed by atoms with Crippen LogP contribution in [0.3, 0.4) is 0 Å². The Hall–Kier alpha value is 0.350. The summed E-state index contributed by atoms with van der Waals surface area (Å²) in [4.78, 5) is 0.201. The zero-order valence-corrected chi connectivity index (χ0v) is 9.94. The number of hydrogen-bond donors (Lipinski definition) is 1. The van der Waals surface area contributed by atoms with E-state index in [1.54, 1.807) is 0 Å². The van der Waals surface area contributed by atoms with Crippen LogP contribution in [0.4, 0.5) is 0 Å². The van der Waals surface area contributed by atoms with Crippen molar-refractivity contribution in [3.63, 3.8) is 0 Å². The Morgan fingerprint density at radius 1 is 1.50 bits per heavy atom. The van der Waals surface area contributed by atoms with Crippen LogP contribution in [0.15, 0.2) is 0 Å². The summed E-state index contributed by atoms with van der Waals surface area (Å²) < 4.78 is 25.9. The third kappa shape index (κ3) is 4.39. The lowest BCUT2D eigenvalue weighted by Crippen LogP contribution is -2.38. The predicted molar refractivity (Wildman–Crippen MR) is 53.6 cm³/mol. The highest BCUT2D eigenvalue weighted by Gasteiger charge is 2.13. The van der Waals surface area contributed by atoms with Crippen molar-refractivity contribution in [1.82, 2.24) is 9.03 Å². The zero-order chi connectivity index (χ0) is 9.78. The molecule has 1 unspecified atom stereocenters. The predicted octanol–water partition coefficient (Wildman–Crippen LogP) is 0.556. The highest BCUT2D eigenvalue weighted by Crippen LogP contribution is 2.02. The Labute approximate surface area is 82.6 Å². The molecule has 0 saturated carbocycles. The van der Waals surface area contributed by atoms with Crippen LogP contribution < -0.4 is 4.72 Å². The Morgan fingerprint density at radius 2 is 2.00 bits per heavy atom. The Balaban J connectivity index is 3.94. The molecular formula is C6H15BrN2O2S. The van der Waals surface area contributed by atoms with E-state index in [4.69, 9.17) is 0 Å². The Bertz CT molecular complexity index is 216. The van der Waals surface area contributed by atoms with Crippen LogP contribution in [0.2, 0.25) is 0 Å². The summed E-state index contributed by atoms with van der Waals surface area (Å²) in [6.45, 7) is 2.42. The lowest BCUT2D eigenvalue weighted by Gasteiger charge is -2.13. The Morgan fingerprint density at radius 3 is 2.33 bits per heavy atom. The molecule has 4 nitrogen and oxygen atoms in total. The van der Waals surface area contributed by atoms with Crippen LogP contribution in [-0.4, -0.2) is 38.2 Å². The van der Waals surface area contributed by atoms with Crippen molar-refractivity contribution in [2.45, 2.75) is 18.2 Å². The van der Waals surface area contributed by atoms with E-state index in [-0.39, 0.29) is 4.83 Å². The quantitative estimate of drug-likeness (QED) is 0.733. The first kappa shape index (κ1) is 12.3. The minimum Gasteiger partial charge on any atom is -0.201 e. The van der Waals surface area contributed by atoms with Crippen molar-refractivity contribution in [3.8, 4) is 0 Å². The van der Waals surface area contributed by atoms with Crippen molar-refractivity contribution in [3.05, 3.63) is 0 Å². The number of hydrogen-bond acceptors (Lipinski definition) is 2. The second-order valence-corrected chi connectivity index (χ2v) is 5.91. The molecule has 0 spiro atoms. The van der Waals surface area contributed by atoms with Crippen LogP contribution in [0.25, 0.3) is 0 Å². The average molecular weight is 259 g/mol. The topological polar surface area (TPSA) is 49.4 Å². The minimum absolute atomic E-state index is 0.201. The van der Waals surface area contributed by atoms with Crippen LogP contribution >= 0.6 is 15.9 Å². The number of nitrogens with one attached hydrogen (secondary N) is 1. The summed E-state index contributed by atoms with van der Waals surface area (Å²) in [5, 5.41) is 0. The lowest BCUT2D eigenvalue weighted by molar-refractivity contribution is 0.505. The molecule has 1 atom stereocenters. The average Bonchev–Trinajstić information content (AvgIpc) is 2.00. The summed E-state index contributed by atoms with van der Waals surface area (Å²) in [5.74, 6) is 0. The molecule has 0 aliphatic heterocycles. The fourth-order valence-corrected chi connectivity index (χ4v) is 1.52. The lowest BCUT2D eigenvalue weighted by atomic mass is 10.3. The van der Waals surface area contributed by atoms with Crippen LogP contribution in [0, 0.1) is 0 Å². The summed E-state index contributed by atoms with van der Waals surface area (Å²) in [6, 6.07) is 0. The third-order valence-corrected chi connectivity index (χ3v) is 3.88. The van der Waals surface area contributed by atoms with Gasteiger partial charge in [0.1, 0.15) is 0 Å². The van der Waals surface area contributed by atoms with Gasteiger partial charge in [-0.2, -0.15) is 12.7 Å². The maximum atomic E-state index is 11.1. The monoisotopic (exact) mass is 258 g/mol. The molecule has 0 aromatic rings. The van der Waals surface area contributed by atoms with Gasteiger partial charge in [0, 0.05) is 25.5 Å². The van der Waals surface area contributed by atoms with Crippen molar-refractivity contribution >= 4 is 26.1 Å². The molecule has 0 aromatic heterocycles. The van der Waals surface area contributed by atoms with E-state index >= 15 is 0 Å². The first-order valence-corrected chi connectivity index (χ1v) is 6.07. The summed E-state index contributed by atoms with van der Waals surface area (Å²) in [7, 11) is -0.255. The molecule has 0 fully saturated rings. The first-order chi connectivity index (χ1) is 5.40. The van der Waals surface area contributed by atoms with Gasteiger partial charge in [-0.25, -0.2) is 4.72 Å². The van der Waals surface area contributed by atoms with Gasteiger partial charge in [-0.15, -0.1) is 0 Å². The molecule has 0 aliphatic rings. The molecule has 6 heteroatoms. The molecule has 12 heavy (non-hydrogen) atoms. The normalized spacial score (nSPS) is 15.1. The van der Waals surface area contributed by atoms with Gasteiger partial charge in [-0.3, -0.25) is 0 Å². The van der Waals surface area contributed by atoms with E-state index in [1.165, 1.54) is 14.1 Å². The van der Waals surface area contributed by atoms with Crippen molar-refractivity contribution in [2.75, 3.05) is 20.6 Å². The maximum Gasteiger partial charge on any atom is 0.278 e. The van der Waals surface area contributed by atoms with E-state index in [1.807, 2.05) is 6.92 Å². The van der Waals surface area contributed by atoms with E-state index in [2.05, 4.69) is 20.7 Å². The minimum atomic E-state index is -3.25. The van der Waals surface area contributed by atoms with Gasteiger partial charge in [0.15, 0.2) is 0 Å². The second kappa shape index (κ2) is 5.16. The van der Waals surface area contributed by atoms with Crippen molar-refractivity contribution in [2.24, 2.45) is 0 Å². The standard InChI is InChI=1S/C6H15BrN2O2S/c1-4-6(7)5-8-12(10,11)9(2)3/h6,8H,4-5H2,1-3H3. The summed E-state index contributed by atoms with van der Waals surface area (Å²) >= 11 is 3.33. The van der Waals surface area contributed by atoms with Crippen LogP contribution in [0.1, 0.15) is 13.3 Å². The number of rotatable bonds is 5.